The summed E-state index contributed by atoms with van der Waals surface area (Å²) in [6.07, 6.45) is 3.94. The lowest BCUT2D eigenvalue weighted by atomic mass is 10.1. The minimum absolute atomic E-state index is 0.326. The second kappa shape index (κ2) is 5.19. The third-order valence-corrected chi connectivity index (χ3v) is 2.90. The standard InChI is InChI=1S/C13H15ClN2/c1-10(12-2-4-13(14)5-3-12)16-9-11-6-7-15-8-11/h2-8,10,15-16H,9H2,1H3/t10-/m0/s1. The zero-order chi connectivity index (χ0) is 11.4. The van der Waals surface area contributed by atoms with Crippen molar-refractivity contribution in [3.05, 3.63) is 58.9 Å². The maximum atomic E-state index is 5.85. The van der Waals surface area contributed by atoms with Crippen molar-refractivity contribution >= 4 is 11.6 Å². The fraction of sp³-hybridized carbons (Fsp3) is 0.231. The largest absolute Gasteiger partial charge is 0.367 e. The van der Waals surface area contributed by atoms with Crippen LogP contribution in [-0.4, -0.2) is 4.98 Å². The topological polar surface area (TPSA) is 27.8 Å². The highest BCUT2D eigenvalue weighted by Crippen LogP contribution is 2.16. The first-order valence-corrected chi connectivity index (χ1v) is 5.74. The van der Waals surface area contributed by atoms with Gasteiger partial charge in [-0.3, -0.25) is 0 Å². The van der Waals surface area contributed by atoms with E-state index >= 15 is 0 Å². The highest BCUT2D eigenvalue weighted by Gasteiger charge is 2.04. The Labute approximate surface area is 101 Å². The summed E-state index contributed by atoms with van der Waals surface area (Å²) >= 11 is 5.85. The van der Waals surface area contributed by atoms with E-state index in [9.17, 15) is 0 Å². The van der Waals surface area contributed by atoms with Crippen molar-refractivity contribution in [1.29, 1.82) is 0 Å². The molecule has 1 atom stereocenters. The molecule has 2 N–H and O–H groups in total. The van der Waals surface area contributed by atoms with Crippen molar-refractivity contribution in [3.8, 4) is 0 Å². The van der Waals surface area contributed by atoms with Crippen LogP contribution in [0.2, 0.25) is 5.02 Å². The summed E-state index contributed by atoms with van der Waals surface area (Å²) < 4.78 is 0. The Bertz CT molecular complexity index is 420. The number of nitrogens with one attached hydrogen (secondary N) is 2. The first-order chi connectivity index (χ1) is 7.75. The van der Waals surface area contributed by atoms with Gasteiger partial charge in [0.1, 0.15) is 0 Å². The Hall–Kier alpha value is -1.25. The highest BCUT2D eigenvalue weighted by molar-refractivity contribution is 6.30. The molecule has 84 valence electrons. The first-order valence-electron chi connectivity index (χ1n) is 5.36. The molecule has 0 radical (unpaired) electrons. The average molecular weight is 235 g/mol. The van der Waals surface area contributed by atoms with Gasteiger partial charge in [0, 0.05) is 30.0 Å². The van der Waals surface area contributed by atoms with Crippen molar-refractivity contribution in [2.24, 2.45) is 0 Å². The van der Waals surface area contributed by atoms with Crippen molar-refractivity contribution in [1.82, 2.24) is 10.3 Å². The molecule has 1 aromatic carbocycles. The predicted molar refractivity (Wildman–Crippen MR) is 67.5 cm³/mol. The summed E-state index contributed by atoms with van der Waals surface area (Å²) in [6, 6.07) is 10.3. The van der Waals surface area contributed by atoms with E-state index in [1.165, 1.54) is 11.1 Å². The molecule has 0 saturated heterocycles. The van der Waals surface area contributed by atoms with Crippen LogP contribution in [0, 0.1) is 0 Å². The van der Waals surface area contributed by atoms with E-state index in [-0.39, 0.29) is 0 Å². The predicted octanol–water partition coefficient (Wildman–Crippen LogP) is 3.52. The SMILES string of the molecule is C[C@H](NCc1cc[nH]c1)c1ccc(Cl)cc1. The Balaban J connectivity index is 1.93. The summed E-state index contributed by atoms with van der Waals surface area (Å²) in [5.41, 5.74) is 2.51. The van der Waals surface area contributed by atoms with Gasteiger partial charge >= 0.3 is 0 Å². The number of hydrogen-bond donors (Lipinski definition) is 2. The molecule has 0 fully saturated rings. The summed E-state index contributed by atoms with van der Waals surface area (Å²) in [5.74, 6) is 0. The van der Waals surface area contributed by atoms with Gasteiger partial charge < -0.3 is 10.3 Å². The molecule has 0 aliphatic heterocycles. The smallest absolute Gasteiger partial charge is 0.0406 e. The number of halogens is 1. The quantitative estimate of drug-likeness (QED) is 0.833. The molecule has 0 amide bonds. The molecule has 2 nitrogen and oxygen atoms in total. The van der Waals surface area contributed by atoms with Gasteiger partial charge in [-0.25, -0.2) is 0 Å². The van der Waals surface area contributed by atoms with Gasteiger partial charge in [0.05, 0.1) is 0 Å². The monoisotopic (exact) mass is 234 g/mol. The average Bonchev–Trinajstić information content (AvgIpc) is 2.80. The lowest BCUT2D eigenvalue weighted by Crippen LogP contribution is -2.17. The Morgan fingerprint density at radius 3 is 2.62 bits per heavy atom. The minimum Gasteiger partial charge on any atom is -0.367 e. The molecule has 0 aliphatic carbocycles. The molecule has 1 aromatic heterocycles. The molecule has 16 heavy (non-hydrogen) atoms. The summed E-state index contributed by atoms with van der Waals surface area (Å²) in [5, 5.41) is 4.24. The van der Waals surface area contributed by atoms with Crippen LogP contribution in [0.4, 0.5) is 0 Å². The van der Waals surface area contributed by atoms with Crippen LogP contribution in [0.15, 0.2) is 42.7 Å². The second-order valence-electron chi connectivity index (χ2n) is 3.87. The Morgan fingerprint density at radius 1 is 1.25 bits per heavy atom. The maximum absolute atomic E-state index is 5.85. The number of aromatic nitrogens is 1. The van der Waals surface area contributed by atoms with Crippen LogP contribution in [0.25, 0.3) is 0 Å². The molecular formula is C13H15ClN2. The van der Waals surface area contributed by atoms with Crippen LogP contribution in [0.1, 0.15) is 24.1 Å². The number of hydrogen-bond acceptors (Lipinski definition) is 1. The van der Waals surface area contributed by atoms with E-state index in [1.807, 2.05) is 24.5 Å². The summed E-state index contributed by atoms with van der Waals surface area (Å²) in [7, 11) is 0. The lowest BCUT2D eigenvalue weighted by molar-refractivity contribution is 0.575. The molecule has 2 aromatic rings. The normalized spacial score (nSPS) is 12.6. The number of aromatic amines is 1. The van der Waals surface area contributed by atoms with Gasteiger partial charge in [-0.05, 0) is 36.2 Å². The molecular weight excluding hydrogens is 220 g/mol. The molecule has 0 spiro atoms. The zero-order valence-electron chi connectivity index (χ0n) is 9.20. The van der Waals surface area contributed by atoms with E-state index in [0.717, 1.165) is 11.6 Å². The minimum atomic E-state index is 0.326. The zero-order valence-corrected chi connectivity index (χ0v) is 9.96. The summed E-state index contributed by atoms with van der Waals surface area (Å²) in [4.78, 5) is 3.04. The van der Waals surface area contributed by atoms with E-state index < -0.39 is 0 Å². The number of rotatable bonds is 4. The molecule has 1 heterocycles. The second-order valence-corrected chi connectivity index (χ2v) is 4.31. The van der Waals surface area contributed by atoms with Crippen molar-refractivity contribution < 1.29 is 0 Å². The third kappa shape index (κ3) is 2.87. The summed E-state index contributed by atoms with van der Waals surface area (Å²) in [6.45, 7) is 3.02. The third-order valence-electron chi connectivity index (χ3n) is 2.64. The fourth-order valence-corrected chi connectivity index (χ4v) is 1.73. The van der Waals surface area contributed by atoms with Crippen molar-refractivity contribution in [2.75, 3.05) is 0 Å². The van der Waals surface area contributed by atoms with E-state index in [2.05, 4.69) is 35.4 Å². The molecule has 0 bridgehead atoms. The van der Waals surface area contributed by atoms with Gasteiger partial charge in [0.25, 0.3) is 0 Å². The van der Waals surface area contributed by atoms with Gasteiger partial charge in [-0.2, -0.15) is 0 Å². The van der Waals surface area contributed by atoms with Gasteiger partial charge in [0.15, 0.2) is 0 Å². The fourth-order valence-electron chi connectivity index (χ4n) is 1.61. The lowest BCUT2D eigenvalue weighted by Gasteiger charge is -2.13. The van der Waals surface area contributed by atoms with Crippen LogP contribution < -0.4 is 5.32 Å². The van der Waals surface area contributed by atoms with Gasteiger partial charge in [0.2, 0.25) is 0 Å². The highest BCUT2D eigenvalue weighted by atomic mass is 35.5. The van der Waals surface area contributed by atoms with Crippen molar-refractivity contribution in [2.45, 2.75) is 19.5 Å². The van der Waals surface area contributed by atoms with Crippen LogP contribution in [-0.2, 0) is 6.54 Å². The van der Waals surface area contributed by atoms with Crippen LogP contribution in [0.3, 0.4) is 0 Å². The van der Waals surface area contributed by atoms with E-state index in [4.69, 9.17) is 11.6 Å². The molecule has 0 unspecified atom stereocenters. The van der Waals surface area contributed by atoms with Gasteiger partial charge in [-0.15, -0.1) is 0 Å². The van der Waals surface area contributed by atoms with Crippen LogP contribution in [0.5, 0.6) is 0 Å². The Kier molecular flexibility index (Phi) is 3.65. The molecule has 0 aliphatic rings. The Morgan fingerprint density at radius 2 is 2.00 bits per heavy atom. The maximum Gasteiger partial charge on any atom is 0.0406 e. The van der Waals surface area contributed by atoms with E-state index in [0.29, 0.717) is 6.04 Å². The van der Waals surface area contributed by atoms with Gasteiger partial charge in [-0.1, -0.05) is 23.7 Å². The molecule has 0 saturated carbocycles. The number of H-pyrrole nitrogens is 1. The van der Waals surface area contributed by atoms with Crippen LogP contribution >= 0.6 is 11.6 Å². The number of benzene rings is 1. The van der Waals surface area contributed by atoms with E-state index in [1.54, 1.807) is 0 Å². The molecule has 3 heteroatoms. The molecule has 2 rings (SSSR count). The first kappa shape index (κ1) is 11.2. The van der Waals surface area contributed by atoms with Crippen molar-refractivity contribution in [3.63, 3.8) is 0 Å².